The summed E-state index contributed by atoms with van der Waals surface area (Å²) in [6, 6.07) is 5.57. The van der Waals surface area contributed by atoms with Gasteiger partial charge < -0.3 is 19.9 Å². The molecule has 0 aliphatic heterocycles. The molecule has 2 bridgehead atoms. The molecule has 3 aromatic rings. The summed E-state index contributed by atoms with van der Waals surface area (Å²) >= 11 is 5.63. The monoisotopic (exact) mass is 459 g/mol. The number of hydrogen-bond donors (Lipinski definition) is 2. The molecule has 0 spiro atoms. The molecule has 2 amide bonds. The van der Waals surface area contributed by atoms with Crippen molar-refractivity contribution >= 4 is 23.4 Å². The Bertz CT molecular complexity index is 1200. The molecule has 3 aliphatic rings. The van der Waals surface area contributed by atoms with E-state index in [9.17, 15) is 14.0 Å². The molecule has 2 aromatic heterocycles. The van der Waals surface area contributed by atoms with Crippen LogP contribution in [-0.2, 0) is 11.8 Å². The minimum Gasteiger partial charge on any atom is -0.484 e. The first kappa shape index (κ1) is 20.5. The molecule has 3 saturated carbocycles. The van der Waals surface area contributed by atoms with Gasteiger partial charge in [0, 0.05) is 42.0 Å². The molecule has 166 valence electrons. The summed E-state index contributed by atoms with van der Waals surface area (Å²) in [4.78, 5) is 24.8. The Kier molecular flexibility index (Phi) is 4.70. The van der Waals surface area contributed by atoms with Crippen LogP contribution in [0.15, 0.2) is 41.2 Å². The zero-order chi connectivity index (χ0) is 22.5. The maximum Gasteiger partial charge on any atom is 0.290 e. The van der Waals surface area contributed by atoms with Crippen LogP contribution in [0, 0.1) is 5.82 Å². The van der Waals surface area contributed by atoms with E-state index in [1.807, 2.05) is 0 Å². The Morgan fingerprint density at radius 3 is 2.69 bits per heavy atom. The van der Waals surface area contributed by atoms with E-state index in [0.29, 0.717) is 25.0 Å². The van der Waals surface area contributed by atoms with Gasteiger partial charge in [0.2, 0.25) is 5.76 Å². The minimum atomic E-state index is -0.610. The summed E-state index contributed by atoms with van der Waals surface area (Å²) < 4.78 is 25.6. The van der Waals surface area contributed by atoms with Gasteiger partial charge in [-0.15, -0.1) is 0 Å². The highest BCUT2D eigenvalue weighted by Crippen LogP contribution is 2.60. The second kappa shape index (κ2) is 7.33. The van der Waals surface area contributed by atoms with Crippen molar-refractivity contribution in [2.45, 2.75) is 30.3 Å². The fourth-order valence-electron chi connectivity index (χ4n) is 4.47. The topological polar surface area (TPSA) is 111 Å². The Labute approximate surface area is 186 Å². The number of rotatable bonds is 7. The van der Waals surface area contributed by atoms with Gasteiger partial charge in [0.1, 0.15) is 17.3 Å². The summed E-state index contributed by atoms with van der Waals surface area (Å²) in [6.07, 6.45) is 5.28. The van der Waals surface area contributed by atoms with Gasteiger partial charge in [-0.2, -0.15) is 5.10 Å². The molecule has 32 heavy (non-hydrogen) atoms. The number of hydrogen-bond acceptors (Lipinski definition) is 6. The molecule has 3 fully saturated rings. The second-order valence-corrected chi connectivity index (χ2v) is 8.84. The highest BCUT2D eigenvalue weighted by Gasteiger charge is 2.69. The molecule has 9 nitrogen and oxygen atoms in total. The summed E-state index contributed by atoms with van der Waals surface area (Å²) in [7, 11) is 1.79. The predicted octanol–water partition coefficient (Wildman–Crippen LogP) is 2.47. The Morgan fingerprint density at radius 2 is 2.00 bits per heavy atom. The van der Waals surface area contributed by atoms with Crippen molar-refractivity contribution in [2.24, 2.45) is 7.05 Å². The third-order valence-electron chi connectivity index (χ3n) is 5.81. The van der Waals surface area contributed by atoms with Crippen molar-refractivity contribution in [1.82, 2.24) is 25.6 Å². The first-order chi connectivity index (χ1) is 15.2. The van der Waals surface area contributed by atoms with E-state index < -0.39 is 5.82 Å². The SMILES string of the molecule is Cn1cc(-c2cc(C(=O)NC34CC(NC(=O)COc5ccc(Cl)c(F)c5)(C3)C4)on2)cn1. The van der Waals surface area contributed by atoms with Crippen molar-refractivity contribution in [1.29, 1.82) is 0 Å². The average molecular weight is 460 g/mol. The Morgan fingerprint density at radius 1 is 1.25 bits per heavy atom. The van der Waals surface area contributed by atoms with E-state index in [-0.39, 0.29) is 46.0 Å². The Hall–Kier alpha value is -3.40. The van der Waals surface area contributed by atoms with Gasteiger partial charge >= 0.3 is 0 Å². The van der Waals surface area contributed by atoms with E-state index in [2.05, 4.69) is 20.9 Å². The molecular formula is C21H19ClFN5O4. The number of nitrogens with zero attached hydrogens (tertiary/aromatic N) is 3. The second-order valence-electron chi connectivity index (χ2n) is 8.44. The van der Waals surface area contributed by atoms with Crippen molar-refractivity contribution in [2.75, 3.05) is 6.61 Å². The predicted molar refractivity (Wildman–Crippen MR) is 111 cm³/mol. The number of nitrogens with one attached hydrogen (secondary N) is 2. The highest BCUT2D eigenvalue weighted by atomic mass is 35.5. The molecule has 6 rings (SSSR count). The van der Waals surface area contributed by atoms with Crippen molar-refractivity contribution in [3.05, 3.63) is 53.3 Å². The van der Waals surface area contributed by atoms with E-state index >= 15 is 0 Å². The van der Waals surface area contributed by atoms with Gasteiger partial charge in [-0.3, -0.25) is 14.3 Å². The molecule has 1 aromatic carbocycles. The summed E-state index contributed by atoms with van der Waals surface area (Å²) in [5.74, 6) is -0.922. The third-order valence-corrected chi connectivity index (χ3v) is 6.12. The van der Waals surface area contributed by atoms with Crippen molar-refractivity contribution in [3.8, 4) is 17.0 Å². The minimum absolute atomic E-state index is 0.0124. The van der Waals surface area contributed by atoms with E-state index in [4.69, 9.17) is 20.9 Å². The zero-order valence-electron chi connectivity index (χ0n) is 17.0. The normalized spacial score (nSPS) is 23.1. The number of carbonyl (C=O) groups excluding carboxylic acids is 2. The zero-order valence-corrected chi connectivity index (χ0v) is 17.8. The summed E-state index contributed by atoms with van der Waals surface area (Å²) in [5, 5.41) is 13.9. The van der Waals surface area contributed by atoms with Gasteiger partial charge in [-0.1, -0.05) is 16.8 Å². The molecular weight excluding hydrogens is 441 g/mol. The number of aryl methyl sites for hydroxylation is 1. The fraction of sp³-hybridized carbons (Fsp3) is 0.333. The maximum absolute atomic E-state index is 13.4. The van der Waals surface area contributed by atoms with Crippen molar-refractivity contribution < 1.29 is 23.2 Å². The summed E-state index contributed by atoms with van der Waals surface area (Å²) in [6.45, 7) is -0.239. The van der Waals surface area contributed by atoms with Crippen molar-refractivity contribution in [3.63, 3.8) is 0 Å². The smallest absolute Gasteiger partial charge is 0.290 e. The van der Waals surface area contributed by atoms with Gasteiger partial charge in [-0.05, 0) is 31.4 Å². The van der Waals surface area contributed by atoms with Crippen LogP contribution < -0.4 is 15.4 Å². The van der Waals surface area contributed by atoms with Crippen LogP contribution in [0.1, 0.15) is 29.8 Å². The number of amides is 2. The molecule has 0 saturated heterocycles. The lowest BCUT2D eigenvalue weighted by atomic mass is 9.44. The maximum atomic E-state index is 13.4. The third kappa shape index (κ3) is 3.70. The largest absolute Gasteiger partial charge is 0.484 e. The van der Waals surface area contributed by atoms with Gasteiger partial charge in [0.15, 0.2) is 6.61 Å². The van der Waals surface area contributed by atoms with Crippen LogP contribution >= 0.6 is 11.6 Å². The molecule has 2 heterocycles. The standard InChI is InChI=1S/C21H19ClFN5O4/c1-28-7-12(6-24-28)16-5-17(32-27-16)19(30)26-21-9-20(10-21,11-21)25-18(29)8-31-13-2-3-14(22)15(23)4-13/h2-7H,8-11H2,1H3,(H,25,29)(H,26,30). The van der Waals surface area contributed by atoms with Crippen LogP contribution in [0.3, 0.4) is 0 Å². The molecule has 11 heteroatoms. The number of halogens is 2. The highest BCUT2D eigenvalue weighted by molar-refractivity contribution is 6.30. The number of benzene rings is 1. The lowest BCUT2D eigenvalue weighted by Gasteiger charge is -2.70. The average Bonchev–Trinajstić information content (AvgIpc) is 3.35. The van der Waals surface area contributed by atoms with Gasteiger partial charge in [0.25, 0.3) is 11.8 Å². The lowest BCUT2D eigenvalue weighted by molar-refractivity contribution is -0.141. The van der Waals surface area contributed by atoms with Crippen LogP contribution in [0.4, 0.5) is 4.39 Å². The molecule has 3 aliphatic carbocycles. The van der Waals surface area contributed by atoms with E-state index in [0.717, 1.165) is 11.6 Å². The number of ether oxygens (including phenoxy) is 1. The van der Waals surface area contributed by atoms with Gasteiger partial charge in [-0.25, -0.2) is 4.39 Å². The molecule has 0 atom stereocenters. The first-order valence-corrected chi connectivity index (χ1v) is 10.3. The van der Waals surface area contributed by atoms with Crippen LogP contribution in [-0.4, -0.2) is 44.4 Å². The molecule has 2 N–H and O–H groups in total. The number of carbonyl (C=O) groups is 2. The molecule has 0 radical (unpaired) electrons. The van der Waals surface area contributed by atoms with Crippen LogP contribution in [0.2, 0.25) is 5.02 Å². The quantitative estimate of drug-likeness (QED) is 0.561. The molecule has 0 unspecified atom stereocenters. The van der Waals surface area contributed by atoms with Crippen LogP contribution in [0.5, 0.6) is 5.75 Å². The van der Waals surface area contributed by atoms with E-state index in [1.165, 1.54) is 12.1 Å². The van der Waals surface area contributed by atoms with Crippen LogP contribution in [0.25, 0.3) is 11.3 Å². The Balaban J connectivity index is 1.10. The number of aromatic nitrogens is 3. The fourth-order valence-corrected chi connectivity index (χ4v) is 4.59. The van der Waals surface area contributed by atoms with Gasteiger partial charge in [0.05, 0.1) is 11.2 Å². The van der Waals surface area contributed by atoms with E-state index in [1.54, 1.807) is 30.2 Å². The summed E-state index contributed by atoms with van der Waals surface area (Å²) in [5.41, 5.74) is 0.587. The lowest BCUT2D eigenvalue weighted by Crippen LogP contribution is -2.84. The first-order valence-electron chi connectivity index (χ1n) is 9.92.